The molecule has 4 rings (SSSR count). The Morgan fingerprint density at radius 3 is 2.53 bits per heavy atom. The summed E-state index contributed by atoms with van der Waals surface area (Å²) in [7, 11) is 1.65. The average Bonchev–Trinajstić information content (AvgIpc) is 3.43. The van der Waals surface area contributed by atoms with E-state index in [-0.39, 0.29) is 11.9 Å². The smallest absolute Gasteiger partial charge is 0.256 e. The van der Waals surface area contributed by atoms with Crippen LogP contribution in [0.1, 0.15) is 47.4 Å². The van der Waals surface area contributed by atoms with Crippen LogP contribution in [0.4, 0.5) is 11.5 Å². The molecule has 2 aromatic carbocycles. The van der Waals surface area contributed by atoms with Crippen molar-refractivity contribution in [2.75, 3.05) is 30.4 Å². The number of nitrogens with zero attached hydrogens (tertiary/aromatic N) is 3. The number of amides is 1. The number of methoxy groups -OCH3 is 1. The highest BCUT2D eigenvalue weighted by molar-refractivity contribution is 6.04. The van der Waals surface area contributed by atoms with E-state index in [1.807, 2.05) is 60.1 Å². The van der Waals surface area contributed by atoms with Gasteiger partial charge >= 0.3 is 0 Å². The van der Waals surface area contributed by atoms with Gasteiger partial charge in [0.15, 0.2) is 0 Å². The van der Waals surface area contributed by atoms with Crippen molar-refractivity contribution in [1.82, 2.24) is 9.78 Å². The minimum absolute atomic E-state index is 0.0316. The zero-order valence-electron chi connectivity index (χ0n) is 17.8. The summed E-state index contributed by atoms with van der Waals surface area (Å²) in [5.74, 6) is 1.38. The molecule has 1 N–H and O–H groups in total. The third kappa shape index (κ3) is 4.17. The molecule has 156 valence electrons. The van der Waals surface area contributed by atoms with Crippen LogP contribution in [-0.2, 0) is 0 Å². The van der Waals surface area contributed by atoms with Crippen molar-refractivity contribution in [3.63, 3.8) is 0 Å². The van der Waals surface area contributed by atoms with Crippen molar-refractivity contribution >= 4 is 17.4 Å². The van der Waals surface area contributed by atoms with E-state index >= 15 is 0 Å². The Hall–Kier alpha value is -3.28. The Labute approximate surface area is 177 Å². The molecule has 2 heterocycles. The van der Waals surface area contributed by atoms with Crippen LogP contribution >= 0.6 is 0 Å². The number of carbonyl (C=O) groups is 1. The summed E-state index contributed by atoms with van der Waals surface area (Å²) in [6, 6.07) is 17.6. The van der Waals surface area contributed by atoms with Crippen molar-refractivity contribution in [3.8, 4) is 5.75 Å². The maximum atomic E-state index is 13.0. The number of hydrogen-bond acceptors (Lipinski definition) is 4. The van der Waals surface area contributed by atoms with Crippen LogP contribution in [0.2, 0.25) is 0 Å². The molecule has 1 aliphatic rings. The third-order valence-electron chi connectivity index (χ3n) is 5.64. The zero-order chi connectivity index (χ0) is 21.1. The summed E-state index contributed by atoms with van der Waals surface area (Å²) in [4.78, 5) is 15.3. The molecule has 0 saturated carbocycles. The number of carbonyl (C=O) groups excluding carboxylic acids is 1. The third-order valence-corrected chi connectivity index (χ3v) is 5.64. The molecule has 1 amide bonds. The standard InChI is InChI=1S/C24H28N4O2/c1-17-15-23(28(26-17)18(2)19-9-11-22(30-3)12-10-19)25-24(29)20-7-6-8-21(16-20)27-13-4-5-14-27/h6-12,15-16,18H,4-5,13-14H2,1-3H3,(H,25,29). The maximum absolute atomic E-state index is 13.0. The number of rotatable bonds is 6. The molecule has 1 aromatic heterocycles. The number of aryl methyl sites for hydroxylation is 1. The summed E-state index contributed by atoms with van der Waals surface area (Å²) in [5.41, 5.74) is 3.71. The van der Waals surface area contributed by atoms with E-state index in [2.05, 4.69) is 28.3 Å². The van der Waals surface area contributed by atoms with E-state index in [0.29, 0.717) is 11.4 Å². The van der Waals surface area contributed by atoms with Gasteiger partial charge in [0, 0.05) is 30.4 Å². The van der Waals surface area contributed by atoms with Crippen LogP contribution in [0.15, 0.2) is 54.6 Å². The molecule has 1 fully saturated rings. The summed E-state index contributed by atoms with van der Waals surface area (Å²) in [6.45, 7) is 6.10. The lowest BCUT2D eigenvalue weighted by Crippen LogP contribution is -2.20. The fraction of sp³-hybridized carbons (Fsp3) is 0.333. The number of benzene rings is 2. The predicted octanol–water partition coefficient (Wildman–Crippen LogP) is 4.66. The molecule has 30 heavy (non-hydrogen) atoms. The lowest BCUT2D eigenvalue weighted by molar-refractivity contribution is 0.102. The molecule has 6 heteroatoms. The highest BCUT2D eigenvalue weighted by atomic mass is 16.5. The lowest BCUT2D eigenvalue weighted by Gasteiger charge is -2.19. The molecule has 1 unspecified atom stereocenters. The number of hydrogen-bond donors (Lipinski definition) is 1. The second kappa shape index (κ2) is 8.61. The first-order valence-corrected chi connectivity index (χ1v) is 10.4. The van der Waals surface area contributed by atoms with Crippen LogP contribution in [-0.4, -0.2) is 35.9 Å². The summed E-state index contributed by atoms with van der Waals surface area (Å²) < 4.78 is 7.11. The Kier molecular flexibility index (Phi) is 5.74. The first-order chi connectivity index (χ1) is 14.5. The average molecular weight is 405 g/mol. The normalized spacial score (nSPS) is 14.6. The second-order valence-corrected chi connectivity index (χ2v) is 7.76. The van der Waals surface area contributed by atoms with E-state index in [9.17, 15) is 4.79 Å². The lowest BCUT2D eigenvalue weighted by atomic mass is 10.1. The van der Waals surface area contributed by atoms with Gasteiger partial charge in [0.2, 0.25) is 0 Å². The fourth-order valence-electron chi connectivity index (χ4n) is 3.94. The Balaban J connectivity index is 1.55. The predicted molar refractivity (Wildman–Crippen MR) is 120 cm³/mol. The molecule has 1 saturated heterocycles. The minimum atomic E-state index is -0.126. The Morgan fingerprint density at radius 1 is 1.10 bits per heavy atom. The highest BCUT2D eigenvalue weighted by Gasteiger charge is 2.18. The first-order valence-electron chi connectivity index (χ1n) is 10.4. The fourth-order valence-corrected chi connectivity index (χ4v) is 3.94. The van der Waals surface area contributed by atoms with Gasteiger partial charge in [-0.25, -0.2) is 4.68 Å². The highest BCUT2D eigenvalue weighted by Crippen LogP contribution is 2.26. The van der Waals surface area contributed by atoms with Crippen LogP contribution < -0.4 is 15.0 Å². The molecule has 3 aromatic rings. The van der Waals surface area contributed by atoms with Crippen molar-refractivity contribution < 1.29 is 9.53 Å². The molecule has 1 aliphatic heterocycles. The molecule has 0 bridgehead atoms. The van der Waals surface area contributed by atoms with Gasteiger partial charge in [0.25, 0.3) is 5.91 Å². The maximum Gasteiger partial charge on any atom is 0.256 e. The number of aromatic nitrogens is 2. The minimum Gasteiger partial charge on any atom is -0.497 e. The molecule has 1 atom stereocenters. The van der Waals surface area contributed by atoms with Gasteiger partial charge in [-0.15, -0.1) is 0 Å². The zero-order valence-corrected chi connectivity index (χ0v) is 17.8. The second-order valence-electron chi connectivity index (χ2n) is 7.76. The van der Waals surface area contributed by atoms with Crippen LogP contribution in [0.5, 0.6) is 5.75 Å². The van der Waals surface area contributed by atoms with Gasteiger partial charge in [-0.1, -0.05) is 18.2 Å². The van der Waals surface area contributed by atoms with Gasteiger partial charge in [-0.05, 0) is 62.6 Å². The van der Waals surface area contributed by atoms with Crippen LogP contribution in [0.25, 0.3) is 0 Å². The van der Waals surface area contributed by atoms with Gasteiger partial charge in [-0.2, -0.15) is 5.10 Å². The van der Waals surface area contributed by atoms with E-state index in [1.165, 1.54) is 12.8 Å². The molecule has 6 nitrogen and oxygen atoms in total. The molecular weight excluding hydrogens is 376 g/mol. The van der Waals surface area contributed by atoms with Crippen molar-refractivity contribution in [2.24, 2.45) is 0 Å². The van der Waals surface area contributed by atoms with Crippen molar-refractivity contribution in [2.45, 2.75) is 32.7 Å². The molecule has 0 spiro atoms. The molecular formula is C24H28N4O2. The van der Waals surface area contributed by atoms with E-state index in [4.69, 9.17) is 4.74 Å². The summed E-state index contributed by atoms with van der Waals surface area (Å²) in [5, 5.41) is 7.68. The number of nitrogens with one attached hydrogen (secondary N) is 1. The summed E-state index contributed by atoms with van der Waals surface area (Å²) >= 11 is 0. The SMILES string of the molecule is COc1ccc(C(C)n2nc(C)cc2NC(=O)c2cccc(N3CCCC3)c2)cc1. The topological polar surface area (TPSA) is 59.4 Å². The van der Waals surface area contributed by atoms with Gasteiger partial charge in [0.1, 0.15) is 11.6 Å². The number of anilines is 2. The largest absolute Gasteiger partial charge is 0.497 e. The van der Waals surface area contributed by atoms with E-state index < -0.39 is 0 Å². The van der Waals surface area contributed by atoms with Gasteiger partial charge in [0.05, 0.1) is 18.8 Å². The first kappa shape index (κ1) is 20.0. The van der Waals surface area contributed by atoms with Crippen molar-refractivity contribution in [3.05, 3.63) is 71.4 Å². The Bertz CT molecular complexity index is 1020. The van der Waals surface area contributed by atoms with Crippen LogP contribution in [0.3, 0.4) is 0 Å². The quantitative estimate of drug-likeness (QED) is 0.649. The molecule has 0 radical (unpaired) electrons. The Morgan fingerprint density at radius 2 is 1.83 bits per heavy atom. The monoisotopic (exact) mass is 404 g/mol. The summed E-state index contributed by atoms with van der Waals surface area (Å²) in [6.07, 6.45) is 2.41. The van der Waals surface area contributed by atoms with Crippen LogP contribution in [0, 0.1) is 6.92 Å². The number of ether oxygens (including phenoxy) is 1. The molecule has 0 aliphatic carbocycles. The van der Waals surface area contributed by atoms with Gasteiger partial charge < -0.3 is 15.0 Å². The van der Waals surface area contributed by atoms with Gasteiger partial charge in [-0.3, -0.25) is 4.79 Å². The van der Waals surface area contributed by atoms with E-state index in [1.54, 1.807) is 7.11 Å². The van der Waals surface area contributed by atoms with Crippen molar-refractivity contribution in [1.29, 1.82) is 0 Å². The van der Waals surface area contributed by atoms with E-state index in [0.717, 1.165) is 35.8 Å².